The monoisotopic (exact) mass is 245 g/mol. The Morgan fingerprint density at radius 3 is 2.39 bits per heavy atom. The van der Waals surface area contributed by atoms with E-state index < -0.39 is 0 Å². The first-order valence-electron chi connectivity index (χ1n) is 7.60. The molecule has 18 heavy (non-hydrogen) atoms. The first kappa shape index (κ1) is 13.6. The van der Waals surface area contributed by atoms with Crippen molar-refractivity contribution >= 4 is 0 Å². The van der Waals surface area contributed by atoms with Crippen LogP contribution < -0.4 is 5.32 Å². The fourth-order valence-electron chi connectivity index (χ4n) is 2.94. The third-order valence-electron chi connectivity index (χ3n) is 4.36. The van der Waals surface area contributed by atoms with E-state index in [9.17, 15) is 0 Å². The van der Waals surface area contributed by atoms with E-state index in [4.69, 9.17) is 0 Å². The molecule has 2 unspecified atom stereocenters. The van der Waals surface area contributed by atoms with Gasteiger partial charge in [-0.2, -0.15) is 0 Å². The van der Waals surface area contributed by atoms with Crippen LogP contribution in [0.25, 0.3) is 0 Å². The van der Waals surface area contributed by atoms with Gasteiger partial charge in [0.05, 0.1) is 0 Å². The van der Waals surface area contributed by atoms with Crippen molar-refractivity contribution in [1.82, 2.24) is 5.32 Å². The number of hydrogen-bond donors (Lipinski definition) is 1. The van der Waals surface area contributed by atoms with Crippen LogP contribution in [0.5, 0.6) is 0 Å². The second kappa shape index (κ2) is 6.94. The van der Waals surface area contributed by atoms with E-state index in [0.717, 1.165) is 24.9 Å². The molecule has 0 heterocycles. The fraction of sp³-hybridized carbons (Fsp3) is 0.647. The number of benzene rings is 1. The Bertz CT molecular complexity index is 341. The molecule has 2 rings (SSSR count). The zero-order valence-corrected chi connectivity index (χ0v) is 11.9. The average Bonchev–Trinajstić information content (AvgIpc) is 2.62. The molecular weight excluding hydrogens is 218 g/mol. The summed E-state index contributed by atoms with van der Waals surface area (Å²) in [5, 5.41) is 3.77. The van der Waals surface area contributed by atoms with Crippen molar-refractivity contribution in [1.29, 1.82) is 0 Å². The molecule has 1 heteroatoms. The van der Waals surface area contributed by atoms with Crippen LogP contribution in [-0.4, -0.2) is 6.04 Å². The summed E-state index contributed by atoms with van der Waals surface area (Å²) in [5.74, 6) is 0.836. The maximum absolute atomic E-state index is 3.77. The van der Waals surface area contributed by atoms with E-state index in [2.05, 4.69) is 43.4 Å². The van der Waals surface area contributed by atoms with Crippen LogP contribution in [0.3, 0.4) is 0 Å². The second-order valence-electron chi connectivity index (χ2n) is 5.77. The standard InChI is InChI=1S/C17H27N/c1-3-15-9-11-16(12-10-15)13-18-17-8-6-4-5-7-14(17)2/h9-12,14,17-18H,3-8,13H2,1-2H3. The second-order valence-corrected chi connectivity index (χ2v) is 5.77. The first-order chi connectivity index (χ1) is 8.79. The Morgan fingerprint density at radius 2 is 1.67 bits per heavy atom. The zero-order valence-electron chi connectivity index (χ0n) is 11.9. The molecule has 0 saturated heterocycles. The lowest BCUT2D eigenvalue weighted by molar-refractivity contribution is 0.356. The Labute approximate surface area is 112 Å². The number of nitrogens with one attached hydrogen (secondary N) is 1. The van der Waals surface area contributed by atoms with E-state index in [-0.39, 0.29) is 0 Å². The van der Waals surface area contributed by atoms with Crippen LogP contribution in [0, 0.1) is 5.92 Å². The minimum Gasteiger partial charge on any atom is -0.310 e. The highest BCUT2D eigenvalue weighted by Gasteiger charge is 2.18. The Balaban J connectivity index is 1.85. The minimum atomic E-state index is 0.721. The van der Waals surface area contributed by atoms with Gasteiger partial charge in [-0.15, -0.1) is 0 Å². The van der Waals surface area contributed by atoms with Gasteiger partial charge in [0.2, 0.25) is 0 Å². The smallest absolute Gasteiger partial charge is 0.0208 e. The molecule has 0 amide bonds. The molecule has 2 atom stereocenters. The van der Waals surface area contributed by atoms with Gasteiger partial charge in [0, 0.05) is 12.6 Å². The molecule has 0 radical (unpaired) electrons. The van der Waals surface area contributed by atoms with Crippen LogP contribution in [0.2, 0.25) is 0 Å². The first-order valence-corrected chi connectivity index (χ1v) is 7.60. The summed E-state index contributed by atoms with van der Waals surface area (Å²) < 4.78 is 0. The Morgan fingerprint density at radius 1 is 1.00 bits per heavy atom. The van der Waals surface area contributed by atoms with Crippen LogP contribution in [-0.2, 0) is 13.0 Å². The van der Waals surface area contributed by atoms with Gasteiger partial charge in [-0.1, -0.05) is 57.4 Å². The summed E-state index contributed by atoms with van der Waals surface area (Å²) in [5.41, 5.74) is 2.85. The molecule has 1 aromatic carbocycles. The molecular formula is C17H27N. The van der Waals surface area contributed by atoms with Gasteiger partial charge in [-0.25, -0.2) is 0 Å². The van der Waals surface area contributed by atoms with Crippen molar-refractivity contribution < 1.29 is 0 Å². The molecule has 1 nitrogen and oxygen atoms in total. The molecule has 100 valence electrons. The maximum atomic E-state index is 3.77. The summed E-state index contributed by atoms with van der Waals surface area (Å²) in [6.07, 6.45) is 8.13. The van der Waals surface area contributed by atoms with Gasteiger partial charge in [-0.05, 0) is 36.3 Å². The Kier molecular flexibility index (Phi) is 5.25. The summed E-state index contributed by atoms with van der Waals surface area (Å²) >= 11 is 0. The van der Waals surface area contributed by atoms with Gasteiger partial charge < -0.3 is 5.32 Å². The summed E-state index contributed by atoms with van der Waals surface area (Å²) in [7, 11) is 0. The molecule has 1 aliphatic rings. The molecule has 1 aliphatic carbocycles. The van der Waals surface area contributed by atoms with Crippen molar-refractivity contribution in [3.8, 4) is 0 Å². The fourth-order valence-corrected chi connectivity index (χ4v) is 2.94. The van der Waals surface area contributed by atoms with E-state index in [1.807, 2.05) is 0 Å². The number of aryl methyl sites for hydroxylation is 1. The van der Waals surface area contributed by atoms with Crippen LogP contribution in [0.1, 0.15) is 57.1 Å². The van der Waals surface area contributed by atoms with Crippen molar-refractivity contribution in [3.05, 3.63) is 35.4 Å². The molecule has 1 saturated carbocycles. The third-order valence-corrected chi connectivity index (χ3v) is 4.36. The largest absolute Gasteiger partial charge is 0.310 e. The number of hydrogen-bond acceptors (Lipinski definition) is 1. The topological polar surface area (TPSA) is 12.0 Å². The predicted octanol–water partition coefficient (Wildman–Crippen LogP) is 4.31. The maximum Gasteiger partial charge on any atom is 0.0208 e. The van der Waals surface area contributed by atoms with E-state index in [1.54, 1.807) is 0 Å². The summed E-state index contributed by atoms with van der Waals surface area (Å²) in [6, 6.07) is 9.78. The zero-order chi connectivity index (χ0) is 12.8. The molecule has 1 fully saturated rings. The van der Waals surface area contributed by atoms with E-state index in [0.29, 0.717) is 0 Å². The summed E-state index contributed by atoms with van der Waals surface area (Å²) in [4.78, 5) is 0. The normalized spacial score (nSPS) is 24.8. The molecule has 0 aliphatic heterocycles. The van der Waals surface area contributed by atoms with E-state index in [1.165, 1.54) is 43.2 Å². The van der Waals surface area contributed by atoms with Gasteiger partial charge in [-0.3, -0.25) is 0 Å². The van der Waals surface area contributed by atoms with Crippen LogP contribution in [0.4, 0.5) is 0 Å². The Hall–Kier alpha value is -0.820. The van der Waals surface area contributed by atoms with Crippen molar-refractivity contribution in [3.63, 3.8) is 0 Å². The highest BCUT2D eigenvalue weighted by Crippen LogP contribution is 2.23. The van der Waals surface area contributed by atoms with Crippen molar-refractivity contribution in [2.45, 2.75) is 65.0 Å². The van der Waals surface area contributed by atoms with Gasteiger partial charge >= 0.3 is 0 Å². The summed E-state index contributed by atoms with van der Waals surface area (Å²) in [6.45, 7) is 5.64. The van der Waals surface area contributed by atoms with Crippen molar-refractivity contribution in [2.75, 3.05) is 0 Å². The lowest BCUT2D eigenvalue weighted by Crippen LogP contribution is -2.33. The molecule has 1 aromatic rings. The molecule has 0 bridgehead atoms. The SMILES string of the molecule is CCc1ccc(CNC2CCCCCC2C)cc1. The predicted molar refractivity (Wildman–Crippen MR) is 78.7 cm³/mol. The van der Waals surface area contributed by atoms with E-state index >= 15 is 0 Å². The van der Waals surface area contributed by atoms with Crippen LogP contribution >= 0.6 is 0 Å². The quantitative estimate of drug-likeness (QED) is 0.780. The molecule has 1 N–H and O–H groups in total. The number of rotatable bonds is 4. The van der Waals surface area contributed by atoms with Crippen molar-refractivity contribution in [2.24, 2.45) is 5.92 Å². The third kappa shape index (κ3) is 3.84. The lowest BCUT2D eigenvalue weighted by atomic mass is 9.96. The molecule has 0 spiro atoms. The van der Waals surface area contributed by atoms with Gasteiger partial charge in [0.25, 0.3) is 0 Å². The average molecular weight is 245 g/mol. The van der Waals surface area contributed by atoms with Gasteiger partial charge in [0.1, 0.15) is 0 Å². The highest BCUT2D eigenvalue weighted by atomic mass is 14.9. The highest BCUT2D eigenvalue weighted by molar-refractivity contribution is 5.22. The minimum absolute atomic E-state index is 0.721. The van der Waals surface area contributed by atoms with Gasteiger partial charge in [0.15, 0.2) is 0 Å². The lowest BCUT2D eigenvalue weighted by Gasteiger charge is -2.23. The van der Waals surface area contributed by atoms with Crippen LogP contribution in [0.15, 0.2) is 24.3 Å². The molecule has 0 aromatic heterocycles.